The Morgan fingerprint density at radius 1 is 1.41 bits per heavy atom. The second-order valence-corrected chi connectivity index (χ2v) is 4.96. The van der Waals surface area contributed by atoms with Crippen molar-refractivity contribution in [3.8, 4) is 11.5 Å². The molecule has 0 unspecified atom stereocenters. The van der Waals surface area contributed by atoms with Crippen LogP contribution in [0.2, 0.25) is 0 Å². The van der Waals surface area contributed by atoms with E-state index in [4.69, 9.17) is 13.9 Å². The molecule has 3 rings (SSSR count). The quantitative estimate of drug-likeness (QED) is 0.589. The molecule has 88 valence electrons. The number of fused-ring (bicyclic) bond motifs is 2. The second kappa shape index (κ2) is 3.90. The molecule has 5 heteroatoms. The SMILES string of the molecule is COc1c2c(cc3cc(I)c(=O)oc13)CCO2. The van der Waals surface area contributed by atoms with Crippen molar-refractivity contribution < 1.29 is 13.9 Å². The summed E-state index contributed by atoms with van der Waals surface area (Å²) < 4.78 is 16.7. The van der Waals surface area contributed by atoms with E-state index in [2.05, 4.69) is 0 Å². The fourth-order valence-electron chi connectivity index (χ4n) is 2.04. The molecule has 0 bridgehead atoms. The maximum Gasteiger partial charge on any atom is 0.349 e. The molecule has 0 saturated carbocycles. The smallest absolute Gasteiger partial charge is 0.349 e. The van der Waals surface area contributed by atoms with Gasteiger partial charge in [-0.05, 0) is 34.7 Å². The zero-order valence-corrected chi connectivity index (χ0v) is 11.2. The molecule has 4 nitrogen and oxygen atoms in total. The van der Waals surface area contributed by atoms with E-state index < -0.39 is 0 Å². The molecule has 0 atom stereocenters. The number of benzene rings is 1. The van der Waals surface area contributed by atoms with Gasteiger partial charge < -0.3 is 13.9 Å². The first-order chi connectivity index (χ1) is 8.20. The summed E-state index contributed by atoms with van der Waals surface area (Å²) in [5, 5.41) is 0.870. The van der Waals surface area contributed by atoms with E-state index in [1.165, 1.54) is 0 Å². The van der Waals surface area contributed by atoms with Crippen LogP contribution in [0.15, 0.2) is 21.3 Å². The van der Waals surface area contributed by atoms with E-state index >= 15 is 0 Å². The average Bonchev–Trinajstić information content (AvgIpc) is 2.75. The average molecular weight is 344 g/mol. The van der Waals surface area contributed by atoms with Crippen molar-refractivity contribution in [3.05, 3.63) is 31.7 Å². The molecular formula is C12H9IO4. The van der Waals surface area contributed by atoms with Gasteiger partial charge in [-0.2, -0.15) is 0 Å². The molecule has 1 aliphatic rings. The maximum absolute atomic E-state index is 11.5. The van der Waals surface area contributed by atoms with Crippen molar-refractivity contribution in [3.63, 3.8) is 0 Å². The number of hydrogen-bond donors (Lipinski definition) is 0. The lowest BCUT2D eigenvalue weighted by atomic mass is 10.1. The van der Waals surface area contributed by atoms with Gasteiger partial charge in [-0.1, -0.05) is 0 Å². The number of methoxy groups -OCH3 is 1. The summed E-state index contributed by atoms with van der Waals surface area (Å²) in [4.78, 5) is 11.5. The highest BCUT2D eigenvalue weighted by molar-refractivity contribution is 14.1. The largest absolute Gasteiger partial charge is 0.490 e. The van der Waals surface area contributed by atoms with Crippen LogP contribution in [0.25, 0.3) is 11.0 Å². The molecule has 0 aliphatic carbocycles. The second-order valence-electron chi connectivity index (χ2n) is 3.80. The summed E-state index contributed by atoms with van der Waals surface area (Å²) in [5.41, 5.74) is 1.20. The van der Waals surface area contributed by atoms with Crippen LogP contribution in [-0.4, -0.2) is 13.7 Å². The normalized spacial score (nSPS) is 13.5. The van der Waals surface area contributed by atoms with E-state index in [1.54, 1.807) is 7.11 Å². The molecular weight excluding hydrogens is 335 g/mol. The van der Waals surface area contributed by atoms with Gasteiger partial charge in [0, 0.05) is 17.4 Å². The Kier molecular flexibility index (Phi) is 2.50. The van der Waals surface area contributed by atoms with Crippen molar-refractivity contribution in [1.29, 1.82) is 0 Å². The first-order valence-corrected chi connectivity index (χ1v) is 6.24. The van der Waals surface area contributed by atoms with Gasteiger partial charge in [-0.15, -0.1) is 0 Å². The molecule has 0 saturated heterocycles. The summed E-state index contributed by atoms with van der Waals surface area (Å²) in [6, 6.07) is 3.80. The summed E-state index contributed by atoms with van der Waals surface area (Å²) in [5.74, 6) is 1.22. The highest BCUT2D eigenvalue weighted by Gasteiger charge is 2.22. The first kappa shape index (κ1) is 10.9. The molecule has 0 N–H and O–H groups in total. The Hall–Kier alpha value is -1.24. The summed E-state index contributed by atoms with van der Waals surface area (Å²) in [6.07, 6.45) is 0.858. The van der Waals surface area contributed by atoms with Gasteiger partial charge >= 0.3 is 5.63 Å². The summed E-state index contributed by atoms with van der Waals surface area (Å²) in [7, 11) is 1.55. The molecule has 2 aromatic rings. The lowest BCUT2D eigenvalue weighted by Gasteiger charge is -2.09. The van der Waals surface area contributed by atoms with Crippen LogP contribution in [-0.2, 0) is 6.42 Å². The third-order valence-electron chi connectivity index (χ3n) is 2.79. The van der Waals surface area contributed by atoms with Crippen molar-refractivity contribution in [1.82, 2.24) is 0 Å². The zero-order valence-electron chi connectivity index (χ0n) is 9.08. The predicted octanol–water partition coefficient (Wildman–Crippen LogP) is 2.34. The van der Waals surface area contributed by atoms with Gasteiger partial charge in [0.25, 0.3) is 0 Å². The standard InChI is InChI=1S/C12H9IO4/c1-15-11-9-6(2-3-16-9)4-7-5-8(13)12(14)17-10(7)11/h4-5H,2-3H2,1H3. The van der Waals surface area contributed by atoms with E-state index in [-0.39, 0.29) is 5.63 Å². The van der Waals surface area contributed by atoms with Gasteiger partial charge in [0.2, 0.25) is 5.75 Å². The van der Waals surface area contributed by atoms with Crippen molar-refractivity contribution in [2.24, 2.45) is 0 Å². The van der Waals surface area contributed by atoms with Gasteiger partial charge in [0.05, 0.1) is 17.3 Å². The number of rotatable bonds is 1. The zero-order chi connectivity index (χ0) is 12.0. The molecule has 17 heavy (non-hydrogen) atoms. The molecule has 0 radical (unpaired) electrons. The summed E-state index contributed by atoms with van der Waals surface area (Å²) in [6.45, 7) is 0.642. The molecule has 1 aromatic heterocycles. The fourth-order valence-corrected chi connectivity index (χ4v) is 2.49. The topological polar surface area (TPSA) is 48.7 Å². The molecule has 1 aromatic carbocycles. The minimum atomic E-state index is -0.352. The number of ether oxygens (including phenoxy) is 2. The highest BCUT2D eigenvalue weighted by Crippen LogP contribution is 2.41. The lowest BCUT2D eigenvalue weighted by molar-refractivity contribution is 0.324. The Labute approximate surface area is 111 Å². The van der Waals surface area contributed by atoms with Gasteiger partial charge in [-0.25, -0.2) is 4.79 Å². The monoisotopic (exact) mass is 344 g/mol. The van der Waals surface area contributed by atoms with E-state index in [0.29, 0.717) is 27.3 Å². The van der Waals surface area contributed by atoms with Crippen molar-refractivity contribution in [2.75, 3.05) is 13.7 Å². The van der Waals surface area contributed by atoms with Crippen LogP contribution in [0.3, 0.4) is 0 Å². The maximum atomic E-state index is 11.5. The lowest BCUT2D eigenvalue weighted by Crippen LogP contribution is -2.03. The third kappa shape index (κ3) is 1.60. The highest BCUT2D eigenvalue weighted by atomic mass is 127. The van der Waals surface area contributed by atoms with Crippen molar-refractivity contribution >= 4 is 33.6 Å². The molecule has 0 spiro atoms. The predicted molar refractivity (Wildman–Crippen MR) is 71.0 cm³/mol. The van der Waals surface area contributed by atoms with Crippen LogP contribution in [0.1, 0.15) is 5.56 Å². The minimum Gasteiger partial charge on any atom is -0.490 e. The third-order valence-corrected chi connectivity index (χ3v) is 3.54. The molecule has 0 amide bonds. The van der Waals surface area contributed by atoms with Crippen LogP contribution < -0.4 is 15.1 Å². The van der Waals surface area contributed by atoms with Gasteiger partial charge in [0.1, 0.15) is 0 Å². The van der Waals surface area contributed by atoms with Crippen LogP contribution in [0.4, 0.5) is 0 Å². The Morgan fingerprint density at radius 2 is 2.24 bits per heavy atom. The van der Waals surface area contributed by atoms with E-state index in [0.717, 1.165) is 17.4 Å². The summed E-state index contributed by atoms with van der Waals surface area (Å²) >= 11 is 1.97. The first-order valence-electron chi connectivity index (χ1n) is 5.16. The van der Waals surface area contributed by atoms with Crippen LogP contribution in [0.5, 0.6) is 11.5 Å². The fraction of sp³-hybridized carbons (Fsp3) is 0.250. The minimum absolute atomic E-state index is 0.352. The molecule has 0 fully saturated rings. The van der Waals surface area contributed by atoms with E-state index in [1.807, 2.05) is 34.7 Å². The van der Waals surface area contributed by atoms with Crippen LogP contribution in [0, 0.1) is 3.57 Å². The van der Waals surface area contributed by atoms with E-state index in [9.17, 15) is 4.79 Å². The van der Waals surface area contributed by atoms with Gasteiger partial charge in [-0.3, -0.25) is 0 Å². The number of halogens is 1. The Morgan fingerprint density at radius 3 is 3.00 bits per heavy atom. The number of hydrogen-bond acceptors (Lipinski definition) is 4. The molecule has 1 aliphatic heterocycles. The van der Waals surface area contributed by atoms with Crippen molar-refractivity contribution in [2.45, 2.75) is 6.42 Å². The van der Waals surface area contributed by atoms with Gasteiger partial charge in [0.15, 0.2) is 11.3 Å². The Bertz CT molecular complexity index is 660. The van der Waals surface area contributed by atoms with Crippen LogP contribution >= 0.6 is 22.6 Å². The molecule has 2 heterocycles. The Balaban J connectivity index is 2.45.